The summed E-state index contributed by atoms with van der Waals surface area (Å²) in [7, 11) is 0. The summed E-state index contributed by atoms with van der Waals surface area (Å²) in [5.74, 6) is 0.508. The second-order valence-electron chi connectivity index (χ2n) is 5.08. The normalized spacial score (nSPS) is 32.1. The summed E-state index contributed by atoms with van der Waals surface area (Å²) in [5.41, 5.74) is 0.728. The first-order chi connectivity index (χ1) is 8.50. The number of hydrogen-bond acceptors (Lipinski definition) is 3. The van der Waals surface area contributed by atoms with Crippen molar-refractivity contribution in [2.75, 3.05) is 0 Å². The van der Waals surface area contributed by atoms with E-state index in [1.807, 2.05) is 31.2 Å². The molecule has 18 heavy (non-hydrogen) atoms. The molecular weight excluding hydrogens is 230 g/mol. The Labute approximate surface area is 105 Å². The quantitative estimate of drug-likeness (QED) is 0.544. The van der Waals surface area contributed by atoms with Gasteiger partial charge in [0, 0.05) is 17.9 Å². The Balaban J connectivity index is 2.20. The number of benzene rings is 1. The lowest BCUT2D eigenvalue weighted by atomic mass is 9.78. The number of nitrogens with one attached hydrogen (secondary N) is 1. The van der Waals surface area contributed by atoms with Crippen LogP contribution >= 0.6 is 0 Å². The second kappa shape index (κ2) is 3.51. The molecule has 3 rings (SSSR count). The van der Waals surface area contributed by atoms with Crippen LogP contribution in [0.2, 0.25) is 0 Å². The van der Waals surface area contributed by atoms with Gasteiger partial charge in [-0.3, -0.25) is 4.79 Å². The second-order valence-corrected chi connectivity index (χ2v) is 5.08. The number of rotatable bonds is 0. The van der Waals surface area contributed by atoms with Crippen molar-refractivity contribution in [3.63, 3.8) is 0 Å². The van der Waals surface area contributed by atoms with E-state index in [1.54, 1.807) is 6.92 Å². The van der Waals surface area contributed by atoms with Crippen molar-refractivity contribution >= 4 is 5.91 Å². The molecule has 1 fully saturated rings. The zero-order chi connectivity index (χ0) is 12.9. The molecule has 2 aliphatic heterocycles. The van der Waals surface area contributed by atoms with E-state index in [-0.39, 0.29) is 17.6 Å². The largest absolute Gasteiger partial charge is 0.512 e. The predicted octanol–water partition coefficient (Wildman–Crippen LogP) is 2.23. The van der Waals surface area contributed by atoms with Crippen molar-refractivity contribution in [3.05, 3.63) is 41.2 Å². The van der Waals surface area contributed by atoms with Crippen LogP contribution in [-0.4, -0.2) is 16.7 Å². The molecule has 2 atom stereocenters. The van der Waals surface area contributed by atoms with Gasteiger partial charge in [-0.15, -0.1) is 0 Å². The smallest absolute Gasteiger partial charge is 0.254 e. The van der Waals surface area contributed by atoms with Crippen molar-refractivity contribution in [3.8, 4) is 5.75 Å². The van der Waals surface area contributed by atoms with Gasteiger partial charge in [-0.1, -0.05) is 18.2 Å². The third-order valence-electron chi connectivity index (χ3n) is 3.58. The highest BCUT2D eigenvalue weighted by atomic mass is 16.5. The Kier molecular flexibility index (Phi) is 2.17. The topological polar surface area (TPSA) is 58.6 Å². The van der Waals surface area contributed by atoms with Gasteiger partial charge in [0.2, 0.25) is 0 Å². The number of hydrogen-bond donors (Lipinski definition) is 2. The van der Waals surface area contributed by atoms with Crippen LogP contribution in [0.15, 0.2) is 35.6 Å². The van der Waals surface area contributed by atoms with Crippen LogP contribution in [0.4, 0.5) is 0 Å². The van der Waals surface area contributed by atoms with E-state index in [0.717, 1.165) is 11.3 Å². The van der Waals surface area contributed by atoms with Crippen LogP contribution in [-0.2, 0) is 4.79 Å². The molecule has 2 heterocycles. The monoisotopic (exact) mass is 245 g/mol. The van der Waals surface area contributed by atoms with Gasteiger partial charge in [-0.05, 0) is 19.9 Å². The minimum Gasteiger partial charge on any atom is -0.512 e. The zero-order valence-electron chi connectivity index (χ0n) is 10.4. The third-order valence-corrected chi connectivity index (χ3v) is 3.58. The number of aliphatic hydroxyl groups is 1. The van der Waals surface area contributed by atoms with Crippen LogP contribution in [0.3, 0.4) is 0 Å². The summed E-state index contributed by atoms with van der Waals surface area (Å²) in [6.45, 7) is 3.41. The first-order valence-corrected chi connectivity index (χ1v) is 6.00. The molecule has 2 aliphatic rings. The van der Waals surface area contributed by atoms with Gasteiger partial charge < -0.3 is 15.2 Å². The van der Waals surface area contributed by atoms with Crippen molar-refractivity contribution in [2.45, 2.75) is 31.9 Å². The van der Waals surface area contributed by atoms with Gasteiger partial charge >= 0.3 is 0 Å². The number of carbonyl (C=O) groups is 1. The summed E-state index contributed by atoms with van der Waals surface area (Å²) >= 11 is 0. The number of carbonyl (C=O) groups excluding carboxylic acids is 1. The van der Waals surface area contributed by atoms with E-state index in [4.69, 9.17) is 4.74 Å². The standard InChI is InChI=1S/C14H15NO3/c1-8(16)12-10-7-14(2,15-13(12)17)18-11-6-4-3-5-9(10)11/h3-6,10,16H,7H2,1-2H3,(H,15,17)/b12-8+. The number of aliphatic hydroxyl groups excluding tert-OH is 1. The van der Waals surface area contributed by atoms with E-state index >= 15 is 0 Å². The molecule has 1 saturated heterocycles. The molecule has 2 unspecified atom stereocenters. The van der Waals surface area contributed by atoms with Crippen molar-refractivity contribution in [1.29, 1.82) is 0 Å². The molecule has 0 spiro atoms. The molecule has 2 bridgehead atoms. The number of ether oxygens (including phenoxy) is 1. The maximum Gasteiger partial charge on any atom is 0.254 e. The molecule has 1 aromatic carbocycles. The molecule has 4 nitrogen and oxygen atoms in total. The van der Waals surface area contributed by atoms with Gasteiger partial charge in [0.05, 0.1) is 11.3 Å². The van der Waals surface area contributed by atoms with Crippen LogP contribution < -0.4 is 10.1 Å². The maximum atomic E-state index is 12.1. The van der Waals surface area contributed by atoms with Crippen molar-refractivity contribution in [1.82, 2.24) is 5.32 Å². The molecular formula is C14H15NO3. The minimum absolute atomic E-state index is 0.0799. The maximum absolute atomic E-state index is 12.1. The molecule has 1 aromatic rings. The first-order valence-electron chi connectivity index (χ1n) is 6.00. The molecule has 0 radical (unpaired) electrons. The fraction of sp³-hybridized carbons (Fsp3) is 0.357. The van der Waals surface area contributed by atoms with Crippen molar-refractivity contribution in [2.24, 2.45) is 0 Å². The summed E-state index contributed by atoms with van der Waals surface area (Å²) in [6.07, 6.45) is 0.642. The average Bonchev–Trinajstić information content (AvgIpc) is 2.26. The zero-order valence-corrected chi connectivity index (χ0v) is 10.4. The Hall–Kier alpha value is -1.97. The van der Waals surface area contributed by atoms with Crippen LogP contribution in [0, 0.1) is 0 Å². The van der Waals surface area contributed by atoms with Gasteiger partial charge in [0.1, 0.15) is 5.75 Å². The summed E-state index contributed by atoms with van der Waals surface area (Å²) in [5, 5.41) is 12.6. The van der Waals surface area contributed by atoms with Gasteiger partial charge in [0.15, 0.2) is 5.72 Å². The first kappa shape index (κ1) is 11.1. The lowest BCUT2D eigenvalue weighted by molar-refractivity contribution is -0.127. The molecule has 2 N–H and O–H groups in total. The Morgan fingerprint density at radius 1 is 1.50 bits per heavy atom. The highest BCUT2D eigenvalue weighted by Gasteiger charge is 2.46. The fourth-order valence-corrected chi connectivity index (χ4v) is 2.86. The van der Waals surface area contributed by atoms with Gasteiger partial charge in [-0.25, -0.2) is 0 Å². The number of allylic oxidation sites excluding steroid dienone is 1. The Morgan fingerprint density at radius 2 is 2.22 bits per heavy atom. The summed E-state index contributed by atoms with van der Waals surface area (Å²) in [6, 6.07) is 7.66. The number of fused-ring (bicyclic) bond motifs is 4. The molecule has 4 heteroatoms. The predicted molar refractivity (Wildman–Crippen MR) is 66.3 cm³/mol. The Bertz CT molecular complexity index is 560. The fourth-order valence-electron chi connectivity index (χ4n) is 2.86. The number of para-hydroxylation sites is 1. The minimum atomic E-state index is -0.685. The average molecular weight is 245 g/mol. The SMILES string of the molecule is C/C(O)=C1\C(=O)NC2(C)CC1c1ccccc1O2. The van der Waals surface area contributed by atoms with E-state index in [2.05, 4.69) is 5.32 Å². The number of amides is 1. The molecule has 94 valence electrons. The van der Waals surface area contributed by atoms with E-state index in [9.17, 15) is 9.90 Å². The summed E-state index contributed by atoms with van der Waals surface area (Å²) in [4.78, 5) is 12.1. The van der Waals surface area contributed by atoms with Crippen LogP contribution in [0.25, 0.3) is 0 Å². The molecule has 0 saturated carbocycles. The third kappa shape index (κ3) is 1.49. The highest BCUT2D eigenvalue weighted by molar-refractivity contribution is 5.97. The van der Waals surface area contributed by atoms with Gasteiger partial charge in [0.25, 0.3) is 5.91 Å². The van der Waals surface area contributed by atoms with E-state index < -0.39 is 5.72 Å². The van der Waals surface area contributed by atoms with E-state index in [1.165, 1.54) is 0 Å². The lowest BCUT2D eigenvalue weighted by Gasteiger charge is -2.45. The summed E-state index contributed by atoms with van der Waals surface area (Å²) < 4.78 is 5.85. The highest BCUT2D eigenvalue weighted by Crippen LogP contribution is 2.46. The van der Waals surface area contributed by atoms with E-state index in [0.29, 0.717) is 12.0 Å². The molecule has 0 aliphatic carbocycles. The van der Waals surface area contributed by atoms with Crippen molar-refractivity contribution < 1.29 is 14.6 Å². The molecule has 1 amide bonds. The van der Waals surface area contributed by atoms with Gasteiger partial charge in [-0.2, -0.15) is 0 Å². The van der Waals surface area contributed by atoms with Crippen LogP contribution in [0.1, 0.15) is 31.7 Å². The molecule has 0 aromatic heterocycles. The van der Waals surface area contributed by atoms with Crippen LogP contribution in [0.5, 0.6) is 5.75 Å². The number of piperidine rings is 1. The lowest BCUT2D eigenvalue weighted by Crippen LogP contribution is -2.58. The Morgan fingerprint density at radius 3 is 2.94 bits per heavy atom.